The Kier molecular flexibility index (Phi) is 2.78. The molecule has 3 rings (SSSR count). The molecule has 0 aliphatic heterocycles. The van der Waals surface area contributed by atoms with Crippen LogP contribution in [0.5, 0.6) is 0 Å². The molecule has 0 radical (unpaired) electrons. The fourth-order valence-electron chi connectivity index (χ4n) is 2.87. The van der Waals surface area contributed by atoms with Gasteiger partial charge in [0.25, 0.3) is 5.91 Å². The van der Waals surface area contributed by atoms with E-state index in [1.165, 1.54) is 12.7 Å². The average Bonchev–Trinajstić information content (AvgIpc) is 3.04. The van der Waals surface area contributed by atoms with Crippen molar-refractivity contribution in [3.05, 3.63) is 35.8 Å². The van der Waals surface area contributed by atoms with Crippen molar-refractivity contribution in [3.63, 3.8) is 0 Å². The number of hydrazone groups is 1. The molecule has 1 aromatic heterocycles. The van der Waals surface area contributed by atoms with E-state index in [1.54, 1.807) is 13.0 Å². The van der Waals surface area contributed by atoms with Crippen molar-refractivity contribution >= 4 is 12.1 Å². The molecule has 0 spiro atoms. The van der Waals surface area contributed by atoms with E-state index in [1.807, 2.05) is 6.21 Å². The summed E-state index contributed by atoms with van der Waals surface area (Å²) in [5.41, 5.74) is 3.10. The highest BCUT2D eigenvalue weighted by Gasteiger charge is 2.34. The zero-order valence-electron chi connectivity index (χ0n) is 10.3. The van der Waals surface area contributed by atoms with Gasteiger partial charge in [0, 0.05) is 12.1 Å². The molecule has 1 N–H and O–H groups in total. The first-order chi connectivity index (χ1) is 8.74. The molecule has 4 heteroatoms. The predicted octanol–water partition coefficient (Wildman–Crippen LogP) is 2.52. The summed E-state index contributed by atoms with van der Waals surface area (Å²) in [6.07, 6.45) is 10.3. The number of carbonyl (C=O) groups is 1. The number of hydrogen-bond donors (Lipinski definition) is 1. The van der Waals surface area contributed by atoms with E-state index in [4.69, 9.17) is 4.42 Å². The Bertz CT molecular complexity index is 516. The van der Waals surface area contributed by atoms with Crippen molar-refractivity contribution in [2.45, 2.75) is 19.8 Å². The molecule has 1 saturated carbocycles. The summed E-state index contributed by atoms with van der Waals surface area (Å²) in [6.45, 7) is 1.76. The minimum absolute atomic E-state index is 0.212. The van der Waals surface area contributed by atoms with Gasteiger partial charge in [-0.15, -0.1) is 0 Å². The quantitative estimate of drug-likeness (QED) is 0.504. The number of hydrogen-bond acceptors (Lipinski definition) is 3. The second kappa shape index (κ2) is 4.44. The third-order valence-electron chi connectivity index (χ3n) is 3.87. The van der Waals surface area contributed by atoms with Gasteiger partial charge < -0.3 is 4.42 Å². The highest BCUT2D eigenvalue weighted by Crippen LogP contribution is 2.42. The van der Waals surface area contributed by atoms with Crippen molar-refractivity contribution in [3.8, 4) is 0 Å². The molecule has 3 atom stereocenters. The molecule has 94 valence electrons. The van der Waals surface area contributed by atoms with E-state index in [-0.39, 0.29) is 5.91 Å². The predicted molar refractivity (Wildman–Crippen MR) is 68.2 cm³/mol. The number of furan rings is 1. The fraction of sp³-hybridized carbons (Fsp3) is 0.429. The number of rotatable bonds is 3. The molecule has 0 saturated heterocycles. The second-order valence-electron chi connectivity index (χ2n) is 5.05. The van der Waals surface area contributed by atoms with Gasteiger partial charge in [-0.05, 0) is 37.7 Å². The van der Waals surface area contributed by atoms with Gasteiger partial charge in [0.15, 0.2) is 0 Å². The number of amides is 1. The molecule has 1 aromatic rings. The van der Waals surface area contributed by atoms with E-state index >= 15 is 0 Å². The third kappa shape index (κ3) is 1.98. The smallest absolute Gasteiger partial charge is 0.274 e. The SMILES string of the molecule is Cc1occc1C(=O)NN=C[C@@H]1C[C@H]2C=C[C@H]1C2. The third-order valence-corrected chi connectivity index (χ3v) is 3.87. The standard InChI is InChI=1S/C14H16N2O2/c1-9-13(4-5-18-9)14(17)16-15-8-12-7-10-2-3-11(12)6-10/h2-5,8,10-12H,6-7H2,1H3,(H,16,17)/t10-,11-,12-/m0/s1. The van der Waals surface area contributed by atoms with Gasteiger partial charge in [-0.1, -0.05) is 12.2 Å². The van der Waals surface area contributed by atoms with Crippen LogP contribution in [0.2, 0.25) is 0 Å². The van der Waals surface area contributed by atoms with Crippen LogP contribution in [0.1, 0.15) is 29.0 Å². The number of nitrogens with one attached hydrogen (secondary N) is 1. The monoisotopic (exact) mass is 244 g/mol. The van der Waals surface area contributed by atoms with Crippen molar-refractivity contribution < 1.29 is 9.21 Å². The van der Waals surface area contributed by atoms with Crippen LogP contribution in [-0.4, -0.2) is 12.1 Å². The van der Waals surface area contributed by atoms with Crippen LogP contribution in [0.4, 0.5) is 0 Å². The number of carbonyl (C=O) groups excluding carboxylic acids is 1. The van der Waals surface area contributed by atoms with E-state index in [0.29, 0.717) is 23.2 Å². The van der Waals surface area contributed by atoms with E-state index in [2.05, 4.69) is 22.7 Å². The maximum Gasteiger partial charge on any atom is 0.274 e. The first-order valence-corrected chi connectivity index (χ1v) is 6.30. The molecule has 18 heavy (non-hydrogen) atoms. The van der Waals surface area contributed by atoms with Crippen LogP contribution >= 0.6 is 0 Å². The van der Waals surface area contributed by atoms with E-state index < -0.39 is 0 Å². The summed E-state index contributed by atoms with van der Waals surface area (Å²) in [5.74, 6) is 2.22. The van der Waals surface area contributed by atoms with E-state index in [0.717, 1.165) is 12.3 Å². The highest BCUT2D eigenvalue weighted by atomic mass is 16.3. The van der Waals surface area contributed by atoms with Gasteiger partial charge >= 0.3 is 0 Å². The normalized spacial score (nSPS) is 29.3. The van der Waals surface area contributed by atoms with Gasteiger partial charge in [-0.2, -0.15) is 5.10 Å². The number of fused-ring (bicyclic) bond motifs is 2. The Morgan fingerprint density at radius 2 is 2.39 bits per heavy atom. The number of aryl methyl sites for hydroxylation is 1. The first kappa shape index (κ1) is 11.3. The molecule has 2 bridgehead atoms. The molecule has 0 aromatic carbocycles. The molecule has 2 aliphatic rings. The molecule has 4 nitrogen and oxygen atoms in total. The maximum atomic E-state index is 11.8. The minimum atomic E-state index is -0.212. The van der Waals surface area contributed by atoms with Crippen molar-refractivity contribution in [1.82, 2.24) is 5.43 Å². The van der Waals surface area contributed by atoms with Crippen molar-refractivity contribution in [2.75, 3.05) is 0 Å². The van der Waals surface area contributed by atoms with Gasteiger partial charge in [-0.25, -0.2) is 5.43 Å². The summed E-state index contributed by atoms with van der Waals surface area (Å²) >= 11 is 0. The van der Waals surface area contributed by atoms with Crippen LogP contribution < -0.4 is 5.43 Å². The minimum Gasteiger partial charge on any atom is -0.469 e. The van der Waals surface area contributed by atoms with Crippen LogP contribution in [-0.2, 0) is 0 Å². The van der Waals surface area contributed by atoms with Crippen LogP contribution in [0.15, 0.2) is 34.0 Å². The number of nitrogens with zero attached hydrogens (tertiary/aromatic N) is 1. The zero-order valence-corrected chi connectivity index (χ0v) is 10.3. The molecule has 0 unspecified atom stereocenters. The lowest BCUT2D eigenvalue weighted by Gasteiger charge is -2.11. The van der Waals surface area contributed by atoms with Crippen LogP contribution in [0.25, 0.3) is 0 Å². The van der Waals surface area contributed by atoms with Crippen molar-refractivity contribution in [1.29, 1.82) is 0 Å². The van der Waals surface area contributed by atoms with Gasteiger partial charge in [0.05, 0.1) is 11.8 Å². The molecule has 1 amide bonds. The molecule has 2 aliphatic carbocycles. The van der Waals surface area contributed by atoms with Crippen LogP contribution in [0.3, 0.4) is 0 Å². The summed E-state index contributed by atoms with van der Waals surface area (Å²) < 4.78 is 5.08. The fourth-order valence-corrected chi connectivity index (χ4v) is 2.87. The Labute approximate surface area is 106 Å². The lowest BCUT2D eigenvalue weighted by molar-refractivity contribution is 0.0953. The molecule has 1 fully saturated rings. The lowest BCUT2D eigenvalue weighted by atomic mass is 9.95. The van der Waals surface area contributed by atoms with Crippen LogP contribution in [0, 0.1) is 24.7 Å². The Balaban J connectivity index is 1.57. The number of allylic oxidation sites excluding steroid dienone is 2. The summed E-state index contributed by atoms with van der Waals surface area (Å²) in [6, 6.07) is 1.65. The zero-order chi connectivity index (χ0) is 12.5. The Hall–Kier alpha value is -1.84. The van der Waals surface area contributed by atoms with Gasteiger partial charge in [0.2, 0.25) is 0 Å². The first-order valence-electron chi connectivity index (χ1n) is 6.30. The topological polar surface area (TPSA) is 54.6 Å². The van der Waals surface area contributed by atoms with Gasteiger partial charge in [0.1, 0.15) is 5.76 Å². The highest BCUT2D eigenvalue weighted by molar-refractivity contribution is 5.95. The Morgan fingerprint density at radius 1 is 1.50 bits per heavy atom. The van der Waals surface area contributed by atoms with E-state index in [9.17, 15) is 4.79 Å². The summed E-state index contributed by atoms with van der Waals surface area (Å²) in [5, 5.41) is 4.07. The summed E-state index contributed by atoms with van der Waals surface area (Å²) in [4.78, 5) is 11.8. The molecule has 1 heterocycles. The summed E-state index contributed by atoms with van der Waals surface area (Å²) in [7, 11) is 0. The van der Waals surface area contributed by atoms with Crippen molar-refractivity contribution in [2.24, 2.45) is 22.9 Å². The average molecular weight is 244 g/mol. The lowest BCUT2D eigenvalue weighted by Crippen LogP contribution is -2.19. The maximum absolute atomic E-state index is 11.8. The Morgan fingerprint density at radius 3 is 3.00 bits per heavy atom. The van der Waals surface area contributed by atoms with Gasteiger partial charge in [-0.3, -0.25) is 4.79 Å². The molecular weight excluding hydrogens is 228 g/mol. The molecular formula is C14H16N2O2. The largest absolute Gasteiger partial charge is 0.469 e. The second-order valence-corrected chi connectivity index (χ2v) is 5.05.